The highest BCUT2D eigenvalue weighted by molar-refractivity contribution is 7.14. The van der Waals surface area contributed by atoms with Crippen LogP contribution < -0.4 is 4.90 Å². The monoisotopic (exact) mass is 282 g/mol. The summed E-state index contributed by atoms with van der Waals surface area (Å²) >= 11 is 3.16. The maximum Gasteiger partial charge on any atom is 0.357 e. The van der Waals surface area contributed by atoms with Crippen molar-refractivity contribution < 1.29 is 9.53 Å². The zero-order valence-corrected chi connectivity index (χ0v) is 11.9. The van der Waals surface area contributed by atoms with Crippen LogP contribution in [-0.4, -0.2) is 24.6 Å². The molecule has 0 atom stereocenters. The van der Waals surface area contributed by atoms with Crippen LogP contribution in [0.25, 0.3) is 0 Å². The summed E-state index contributed by atoms with van der Waals surface area (Å²) in [6.45, 7) is 2.96. The summed E-state index contributed by atoms with van der Waals surface area (Å²) in [5, 5.41) is 4.61. The first kappa shape index (κ1) is 13.0. The van der Waals surface area contributed by atoms with Gasteiger partial charge in [-0.05, 0) is 18.4 Å². The molecule has 0 aromatic carbocycles. The minimum atomic E-state index is -0.357. The van der Waals surface area contributed by atoms with Crippen LogP contribution in [-0.2, 0) is 11.3 Å². The van der Waals surface area contributed by atoms with Gasteiger partial charge < -0.3 is 9.64 Å². The van der Waals surface area contributed by atoms with Gasteiger partial charge in [-0.3, -0.25) is 0 Å². The third kappa shape index (κ3) is 3.08. The van der Waals surface area contributed by atoms with Crippen molar-refractivity contribution in [3.63, 3.8) is 0 Å². The summed E-state index contributed by atoms with van der Waals surface area (Å²) in [6, 6.07) is 4.11. The number of nitrogens with zero attached hydrogens (tertiary/aromatic N) is 2. The summed E-state index contributed by atoms with van der Waals surface area (Å²) in [4.78, 5) is 19.1. The van der Waals surface area contributed by atoms with E-state index in [1.54, 1.807) is 23.6 Å². The van der Waals surface area contributed by atoms with E-state index in [0.717, 1.165) is 11.7 Å². The zero-order valence-electron chi connectivity index (χ0n) is 10.3. The molecule has 0 aliphatic heterocycles. The molecular weight excluding hydrogens is 268 g/mol. The number of carbonyl (C=O) groups excluding carboxylic acids is 1. The molecule has 0 unspecified atom stereocenters. The van der Waals surface area contributed by atoms with Crippen molar-refractivity contribution in [2.24, 2.45) is 0 Å². The lowest BCUT2D eigenvalue weighted by Gasteiger charge is -2.13. The van der Waals surface area contributed by atoms with E-state index in [1.807, 2.05) is 18.0 Å². The Labute approximate surface area is 114 Å². The number of hydrogen-bond acceptors (Lipinski definition) is 6. The summed E-state index contributed by atoms with van der Waals surface area (Å²) < 4.78 is 4.92. The number of thiazole rings is 1. The van der Waals surface area contributed by atoms with E-state index in [-0.39, 0.29) is 5.97 Å². The van der Waals surface area contributed by atoms with Crippen LogP contribution in [0, 0.1) is 0 Å². The van der Waals surface area contributed by atoms with E-state index in [9.17, 15) is 4.79 Å². The Morgan fingerprint density at radius 1 is 1.50 bits per heavy atom. The largest absolute Gasteiger partial charge is 0.461 e. The minimum Gasteiger partial charge on any atom is -0.461 e. The summed E-state index contributed by atoms with van der Waals surface area (Å²) in [7, 11) is 1.97. The average Bonchev–Trinajstić information content (AvgIpc) is 2.99. The van der Waals surface area contributed by atoms with Crippen LogP contribution in [0.3, 0.4) is 0 Å². The molecule has 4 nitrogen and oxygen atoms in total. The molecule has 0 saturated carbocycles. The molecule has 0 aliphatic carbocycles. The van der Waals surface area contributed by atoms with Gasteiger partial charge in [0, 0.05) is 17.3 Å². The SMILES string of the molecule is CCOC(=O)c1csc(N(C)Cc2cccs2)n1. The first-order chi connectivity index (χ1) is 8.70. The lowest BCUT2D eigenvalue weighted by molar-refractivity contribution is 0.0520. The van der Waals surface area contributed by atoms with E-state index in [1.165, 1.54) is 16.2 Å². The molecule has 2 heterocycles. The summed E-state index contributed by atoms with van der Waals surface area (Å²) in [6.07, 6.45) is 0. The Morgan fingerprint density at radius 3 is 3.00 bits per heavy atom. The quantitative estimate of drug-likeness (QED) is 0.791. The van der Waals surface area contributed by atoms with E-state index in [0.29, 0.717) is 12.3 Å². The van der Waals surface area contributed by atoms with Crippen LogP contribution in [0.4, 0.5) is 5.13 Å². The second-order valence-electron chi connectivity index (χ2n) is 3.67. The minimum absolute atomic E-state index is 0.357. The molecule has 0 saturated heterocycles. The molecule has 0 aliphatic rings. The van der Waals surface area contributed by atoms with Crippen molar-refractivity contribution in [3.8, 4) is 0 Å². The number of hydrogen-bond donors (Lipinski definition) is 0. The van der Waals surface area contributed by atoms with Crippen LogP contribution in [0.2, 0.25) is 0 Å². The molecule has 0 bridgehead atoms. The normalized spacial score (nSPS) is 10.3. The Balaban J connectivity index is 2.03. The van der Waals surface area contributed by atoms with E-state index < -0.39 is 0 Å². The second kappa shape index (κ2) is 5.97. The van der Waals surface area contributed by atoms with Gasteiger partial charge in [0.05, 0.1) is 13.2 Å². The first-order valence-corrected chi connectivity index (χ1v) is 7.32. The van der Waals surface area contributed by atoms with Crippen molar-refractivity contribution >= 4 is 33.8 Å². The van der Waals surface area contributed by atoms with Gasteiger partial charge in [0.25, 0.3) is 0 Å². The van der Waals surface area contributed by atoms with E-state index >= 15 is 0 Å². The smallest absolute Gasteiger partial charge is 0.357 e. The van der Waals surface area contributed by atoms with Gasteiger partial charge in [0.15, 0.2) is 10.8 Å². The molecule has 2 rings (SSSR count). The van der Waals surface area contributed by atoms with Crippen molar-refractivity contribution in [2.75, 3.05) is 18.6 Å². The first-order valence-electron chi connectivity index (χ1n) is 5.57. The summed E-state index contributed by atoms with van der Waals surface area (Å²) in [5.74, 6) is -0.357. The van der Waals surface area contributed by atoms with Gasteiger partial charge in [-0.2, -0.15) is 0 Å². The lowest BCUT2D eigenvalue weighted by atomic mass is 10.4. The number of aromatic nitrogens is 1. The molecule has 0 spiro atoms. The number of rotatable bonds is 5. The second-order valence-corrected chi connectivity index (χ2v) is 5.54. The zero-order chi connectivity index (χ0) is 13.0. The fraction of sp³-hybridized carbons (Fsp3) is 0.333. The van der Waals surface area contributed by atoms with Crippen molar-refractivity contribution in [1.29, 1.82) is 0 Å². The third-order valence-electron chi connectivity index (χ3n) is 2.28. The average molecular weight is 282 g/mol. The lowest BCUT2D eigenvalue weighted by Crippen LogP contribution is -2.15. The number of ether oxygens (including phenoxy) is 1. The Bertz CT molecular complexity index is 508. The van der Waals surface area contributed by atoms with Gasteiger partial charge in [0.2, 0.25) is 0 Å². The highest BCUT2D eigenvalue weighted by Gasteiger charge is 2.14. The highest BCUT2D eigenvalue weighted by Crippen LogP contribution is 2.22. The van der Waals surface area contributed by atoms with E-state index in [4.69, 9.17) is 4.74 Å². The maximum absolute atomic E-state index is 11.5. The number of anilines is 1. The molecule has 6 heteroatoms. The summed E-state index contributed by atoms with van der Waals surface area (Å²) in [5.41, 5.74) is 0.384. The third-order valence-corrected chi connectivity index (χ3v) is 4.09. The Morgan fingerprint density at radius 2 is 2.33 bits per heavy atom. The predicted octanol–water partition coefficient (Wildman–Crippen LogP) is 3.02. The molecule has 96 valence electrons. The Hall–Kier alpha value is -1.40. The topological polar surface area (TPSA) is 42.4 Å². The molecule has 0 amide bonds. The van der Waals surface area contributed by atoms with Crippen LogP contribution in [0.5, 0.6) is 0 Å². The number of carbonyl (C=O) groups is 1. The van der Waals surface area contributed by atoms with E-state index in [2.05, 4.69) is 16.4 Å². The van der Waals surface area contributed by atoms with Crippen LogP contribution in [0.1, 0.15) is 22.3 Å². The van der Waals surface area contributed by atoms with Crippen LogP contribution in [0.15, 0.2) is 22.9 Å². The van der Waals surface area contributed by atoms with Gasteiger partial charge in [-0.15, -0.1) is 22.7 Å². The molecular formula is C12H14N2O2S2. The number of esters is 1. The van der Waals surface area contributed by atoms with Gasteiger partial charge in [-0.25, -0.2) is 9.78 Å². The van der Waals surface area contributed by atoms with Gasteiger partial charge >= 0.3 is 5.97 Å². The molecule has 2 aromatic rings. The van der Waals surface area contributed by atoms with Crippen molar-refractivity contribution in [2.45, 2.75) is 13.5 Å². The molecule has 0 radical (unpaired) electrons. The molecule has 0 fully saturated rings. The van der Waals surface area contributed by atoms with Crippen molar-refractivity contribution in [1.82, 2.24) is 4.98 Å². The van der Waals surface area contributed by atoms with Crippen LogP contribution >= 0.6 is 22.7 Å². The molecule has 2 aromatic heterocycles. The Kier molecular flexibility index (Phi) is 4.33. The fourth-order valence-electron chi connectivity index (χ4n) is 1.44. The van der Waals surface area contributed by atoms with Crippen molar-refractivity contribution in [3.05, 3.63) is 33.5 Å². The molecule has 0 N–H and O–H groups in total. The van der Waals surface area contributed by atoms with Gasteiger partial charge in [-0.1, -0.05) is 6.07 Å². The standard InChI is InChI=1S/C12H14N2O2S2/c1-3-16-11(15)10-8-18-12(13-10)14(2)7-9-5-4-6-17-9/h4-6,8H,3,7H2,1-2H3. The maximum atomic E-state index is 11.5. The number of thiophene rings is 1. The van der Waals surface area contributed by atoms with Gasteiger partial charge in [0.1, 0.15) is 0 Å². The highest BCUT2D eigenvalue weighted by atomic mass is 32.1. The predicted molar refractivity (Wildman–Crippen MR) is 74.5 cm³/mol. The molecule has 18 heavy (non-hydrogen) atoms. The fourth-order valence-corrected chi connectivity index (χ4v) is 2.96.